The Hall–Kier alpha value is -1.89. The molecule has 0 aromatic heterocycles. The molecule has 2 rings (SSSR count). The van der Waals surface area contributed by atoms with Gasteiger partial charge in [0.1, 0.15) is 11.5 Å². The summed E-state index contributed by atoms with van der Waals surface area (Å²) in [5.41, 5.74) is 0.719. The van der Waals surface area contributed by atoms with E-state index < -0.39 is 11.8 Å². The van der Waals surface area contributed by atoms with Crippen LogP contribution in [0.2, 0.25) is 0 Å². The number of amides is 1. The maximum absolute atomic E-state index is 13.9. The van der Waals surface area contributed by atoms with Gasteiger partial charge in [-0.3, -0.25) is 4.79 Å². The van der Waals surface area contributed by atoms with Crippen LogP contribution in [0.25, 0.3) is 0 Å². The van der Waals surface area contributed by atoms with Crippen molar-refractivity contribution in [2.45, 2.75) is 18.8 Å². The van der Waals surface area contributed by atoms with E-state index in [-0.39, 0.29) is 38.4 Å². The molecule has 0 radical (unpaired) electrons. The first-order valence-electron chi connectivity index (χ1n) is 7.76. The largest absolute Gasteiger partial charge is 0.497 e. The molecule has 1 amide bonds. The minimum atomic E-state index is -2.80. The van der Waals surface area contributed by atoms with Crippen molar-refractivity contribution < 1.29 is 27.8 Å². The van der Waals surface area contributed by atoms with Gasteiger partial charge in [0.2, 0.25) is 5.91 Å². The zero-order valence-electron chi connectivity index (χ0n) is 14.2. The van der Waals surface area contributed by atoms with E-state index >= 15 is 0 Å². The average molecular weight is 343 g/mol. The Morgan fingerprint density at radius 1 is 1.21 bits per heavy atom. The van der Waals surface area contributed by atoms with Crippen molar-refractivity contribution in [3.63, 3.8) is 0 Å². The predicted molar refractivity (Wildman–Crippen MR) is 84.8 cm³/mol. The van der Waals surface area contributed by atoms with E-state index in [2.05, 4.69) is 0 Å². The summed E-state index contributed by atoms with van der Waals surface area (Å²) in [6.07, 6.45) is -0.229. The van der Waals surface area contributed by atoms with E-state index in [1.807, 2.05) is 0 Å². The summed E-state index contributed by atoms with van der Waals surface area (Å²) in [4.78, 5) is 14.0. The van der Waals surface area contributed by atoms with Gasteiger partial charge in [-0.05, 0) is 17.7 Å². The van der Waals surface area contributed by atoms with Crippen LogP contribution >= 0.6 is 0 Å². The molecule has 134 valence electrons. The van der Waals surface area contributed by atoms with Crippen LogP contribution in [0.4, 0.5) is 8.78 Å². The van der Waals surface area contributed by atoms with E-state index in [0.717, 1.165) is 5.56 Å². The molecule has 1 atom stereocenters. The maximum atomic E-state index is 13.9. The Bertz CT molecular complexity index is 557. The van der Waals surface area contributed by atoms with Gasteiger partial charge in [-0.25, -0.2) is 8.78 Å². The van der Waals surface area contributed by atoms with Gasteiger partial charge in [0, 0.05) is 32.7 Å². The molecule has 7 heteroatoms. The zero-order valence-corrected chi connectivity index (χ0v) is 14.2. The molecular formula is C17H23F2NO4. The van der Waals surface area contributed by atoms with Gasteiger partial charge in [0.15, 0.2) is 0 Å². The lowest BCUT2D eigenvalue weighted by Crippen LogP contribution is -2.51. The normalized spacial score (nSPS) is 19.9. The fourth-order valence-electron chi connectivity index (χ4n) is 2.84. The molecule has 0 spiro atoms. The fraction of sp³-hybridized carbons (Fsp3) is 0.588. The van der Waals surface area contributed by atoms with Crippen LogP contribution in [0.1, 0.15) is 12.0 Å². The van der Waals surface area contributed by atoms with Crippen molar-refractivity contribution in [2.75, 3.05) is 41.0 Å². The molecule has 0 aliphatic carbocycles. The smallest absolute Gasteiger partial charge is 0.256 e. The molecule has 5 nitrogen and oxygen atoms in total. The van der Waals surface area contributed by atoms with Crippen LogP contribution in [0, 0.1) is 5.92 Å². The van der Waals surface area contributed by atoms with E-state index in [4.69, 9.17) is 14.2 Å². The highest BCUT2D eigenvalue weighted by Crippen LogP contribution is 2.34. The lowest BCUT2D eigenvalue weighted by Gasteiger charge is -2.38. The SMILES string of the molecule is COCC1CN(C(=O)Cc2cc(OC)cc(OC)c2)CCC1(F)F. The monoisotopic (exact) mass is 343 g/mol. The van der Waals surface area contributed by atoms with E-state index in [1.54, 1.807) is 18.2 Å². The van der Waals surface area contributed by atoms with Gasteiger partial charge < -0.3 is 19.1 Å². The molecule has 1 saturated heterocycles. The van der Waals surface area contributed by atoms with Crippen LogP contribution < -0.4 is 9.47 Å². The van der Waals surface area contributed by atoms with Crippen LogP contribution in [0.3, 0.4) is 0 Å². The lowest BCUT2D eigenvalue weighted by molar-refractivity contribution is -0.150. The minimum absolute atomic E-state index is 0.000771. The Balaban J connectivity index is 2.07. The summed E-state index contributed by atoms with van der Waals surface area (Å²) in [5.74, 6) is -2.80. The van der Waals surface area contributed by atoms with Crippen molar-refractivity contribution in [3.05, 3.63) is 23.8 Å². The van der Waals surface area contributed by atoms with Crippen LogP contribution in [-0.4, -0.2) is 57.8 Å². The minimum Gasteiger partial charge on any atom is -0.497 e. The first kappa shape index (κ1) is 18.4. The highest BCUT2D eigenvalue weighted by Gasteiger charge is 2.44. The molecule has 0 N–H and O–H groups in total. The summed E-state index contributed by atoms with van der Waals surface area (Å²) in [6.45, 7) is -0.0162. The van der Waals surface area contributed by atoms with Crippen molar-refractivity contribution in [3.8, 4) is 11.5 Å². The van der Waals surface area contributed by atoms with Gasteiger partial charge in [-0.2, -0.15) is 0 Å². The van der Waals surface area contributed by atoms with Crippen LogP contribution in [0.5, 0.6) is 11.5 Å². The number of nitrogens with zero attached hydrogens (tertiary/aromatic N) is 1. The number of ether oxygens (including phenoxy) is 3. The first-order valence-corrected chi connectivity index (χ1v) is 7.76. The Kier molecular flexibility index (Phi) is 5.99. The molecule has 1 aliphatic rings. The molecule has 1 aromatic rings. The molecule has 1 unspecified atom stereocenters. The van der Waals surface area contributed by atoms with Crippen molar-refractivity contribution >= 4 is 5.91 Å². The second-order valence-corrected chi connectivity index (χ2v) is 5.90. The Morgan fingerprint density at radius 2 is 1.83 bits per heavy atom. The average Bonchev–Trinajstić information content (AvgIpc) is 2.56. The number of halogens is 2. The highest BCUT2D eigenvalue weighted by molar-refractivity contribution is 5.79. The first-order chi connectivity index (χ1) is 11.4. The molecule has 1 aliphatic heterocycles. The topological polar surface area (TPSA) is 48.0 Å². The van der Waals surface area contributed by atoms with Gasteiger partial charge in [0.25, 0.3) is 5.92 Å². The number of likely N-dealkylation sites (tertiary alicyclic amines) is 1. The number of hydrogen-bond acceptors (Lipinski definition) is 4. The number of hydrogen-bond donors (Lipinski definition) is 0. The predicted octanol–water partition coefficient (Wildman–Crippen LogP) is 2.38. The summed E-state index contributed by atoms with van der Waals surface area (Å²) in [7, 11) is 4.45. The van der Waals surface area contributed by atoms with Gasteiger partial charge >= 0.3 is 0 Å². The zero-order chi connectivity index (χ0) is 17.7. The van der Waals surface area contributed by atoms with E-state index in [0.29, 0.717) is 11.5 Å². The van der Waals surface area contributed by atoms with Crippen LogP contribution in [-0.2, 0) is 16.0 Å². The molecule has 1 heterocycles. The number of alkyl halides is 2. The second kappa shape index (κ2) is 7.79. The number of piperidine rings is 1. The molecule has 0 bridgehead atoms. The second-order valence-electron chi connectivity index (χ2n) is 5.90. The lowest BCUT2D eigenvalue weighted by atomic mass is 9.93. The number of methoxy groups -OCH3 is 3. The van der Waals surface area contributed by atoms with Crippen molar-refractivity contribution in [2.24, 2.45) is 5.92 Å². The fourth-order valence-corrected chi connectivity index (χ4v) is 2.84. The van der Waals surface area contributed by atoms with Gasteiger partial charge in [-0.1, -0.05) is 0 Å². The van der Waals surface area contributed by atoms with Gasteiger partial charge in [-0.15, -0.1) is 0 Å². The molecule has 1 aromatic carbocycles. The molecule has 0 saturated carbocycles. The third kappa shape index (κ3) is 4.35. The third-order valence-electron chi connectivity index (χ3n) is 4.24. The number of carbonyl (C=O) groups is 1. The molecule has 1 fully saturated rings. The quantitative estimate of drug-likeness (QED) is 0.796. The Labute approximate surface area is 140 Å². The van der Waals surface area contributed by atoms with E-state index in [9.17, 15) is 13.6 Å². The standard InChI is InChI=1S/C17H23F2NO4/c1-22-11-13-10-20(5-4-17(13,18)19)16(21)8-12-6-14(23-2)9-15(7-12)24-3/h6-7,9,13H,4-5,8,10-11H2,1-3H3. The number of rotatable bonds is 6. The Morgan fingerprint density at radius 3 is 2.38 bits per heavy atom. The van der Waals surface area contributed by atoms with Crippen molar-refractivity contribution in [1.29, 1.82) is 0 Å². The third-order valence-corrected chi connectivity index (χ3v) is 4.24. The highest BCUT2D eigenvalue weighted by atomic mass is 19.3. The summed E-state index contributed by atoms with van der Waals surface area (Å²) < 4.78 is 43.0. The summed E-state index contributed by atoms with van der Waals surface area (Å²) in [6, 6.07) is 5.20. The van der Waals surface area contributed by atoms with Crippen molar-refractivity contribution in [1.82, 2.24) is 4.90 Å². The molecular weight excluding hydrogens is 320 g/mol. The number of benzene rings is 1. The van der Waals surface area contributed by atoms with E-state index in [1.165, 1.54) is 26.2 Å². The molecule has 24 heavy (non-hydrogen) atoms. The summed E-state index contributed by atoms with van der Waals surface area (Å²) >= 11 is 0. The van der Waals surface area contributed by atoms with Gasteiger partial charge in [0.05, 0.1) is 33.2 Å². The summed E-state index contributed by atoms with van der Waals surface area (Å²) in [5, 5.41) is 0. The van der Waals surface area contributed by atoms with Crippen LogP contribution in [0.15, 0.2) is 18.2 Å². The number of carbonyl (C=O) groups excluding carboxylic acids is 1. The maximum Gasteiger partial charge on any atom is 0.256 e.